The van der Waals surface area contributed by atoms with Crippen LogP contribution in [-0.4, -0.2) is 17.1 Å². The van der Waals surface area contributed by atoms with Gasteiger partial charge in [-0.25, -0.2) is 0 Å². The fraction of sp³-hybridized carbons (Fsp3) is 0.562. The fourth-order valence-electron chi connectivity index (χ4n) is 3.87. The van der Waals surface area contributed by atoms with Gasteiger partial charge in [0.15, 0.2) is 0 Å². The van der Waals surface area contributed by atoms with Crippen LogP contribution in [0, 0.1) is 5.41 Å². The minimum Gasteiger partial charge on any atom is -0.393 e. The van der Waals surface area contributed by atoms with Crippen LogP contribution in [0.25, 0.3) is 0 Å². The molecule has 1 spiro atoms. The number of nitrogens with one attached hydrogen (secondary N) is 1. The van der Waals surface area contributed by atoms with Crippen LogP contribution >= 0.6 is 0 Å². The van der Waals surface area contributed by atoms with Crippen molar-refractivity contribution in [2.75, 3.05) is 0 Å². The van der Waals surface area contributed by atoms with E-state index in [1.165, 1.54) is 11.1 Å². The highest BCUT2D eigenvalue weighted by molar-refractivity contribution is 5.74. The Bertz CT molecular complexity index is 489. The molecule has 1 saturated carbocycles. The average molecular weight is 259 g/mol. The Morgan fingerprint density at radius 2 is 2.00 bits per heavy atom. The van der Waals surface area contributed by atoms with Crippen molar-refractivity contribution < 1.29 is 9.90 Å². The molecule has 0 aliphatic heterocycles. The van der Waals surface area contributed by atoms with Gasteiger partial charge in [-0.15, -0.1) is 0 Å². The van der Waals surface area contributed by atoms with Crippen molar-refractivity contribution in [3.05, 3.63) is 35.4 Å². The average Bonchev–Trinajstić information content (AvgIpc) is 2.68. The van der Waals surface area contributed by atoms with Crippen molar-refractivity contribution in [2.24, 2.45) is 5.41 Å². The lowest BCUT2D eigenvalue weighted by Gasteiger charge is -2.41. The summed E-state index contributed by atoms with van der Waals surface area (Å²) in [5.74, 6) is 0.0344. The van der Waals surface area contributed by atoms with Crippen LogP contribution in [0.15, 0.2) is 24.3 Å². The zero-order chi connectivity index (χ0) is 13.5. The van der Waals surface area contributed by atoms with Crippen molar-refractivity contribution in [3.63, 3.8) is 0 Å². The molecule has 1 aromatic carbocycles. The predicted molar refractivity (Wildman–Crippen MR) is 73.6 cm³/mol. The molecule has 1 unspecified atom stereocenters. The van der Waals surface area contributed by atoms with E-state index in [1.807, 2.05) is 6.07 Å². The zero-order valence-electron chi connectivity index (χ0n) is 11.4. The van der Waals surface area contributed by atoms with E-state index in [2.05, 4.69) is 23.5 Å². The molecule has 0 saturated heterocycles. The Morgan fingerprint density at radius 3 is 2.68 bits per heavy atom. The first-order valence-electron chi connectivity index (χ1n) is 7.14. The lowest BCUT2D eigenvalue weighted by molar-refractivity contribution is -0.121. The predicted octanol–water partition coefficient (Wildman–Crippen LogP) is 2.34. The van der Waals surface area contributed by atoms with Crippen molar-refractivity contribution in [1.29, 1.82) is 0 Å². The first-order chi connectivity index (χ1) is 9.11. The molecule has 102 valence electrons. The highest BCUT2D eigenvalue weighted by Gasteiger charge is 2.47. The second-order valence-corrected chi connectivity index (χ2v) is 6.10. The summed E-state index contributed by atoms with van der Waals surface area (Å²) >= 11 is 0. The number of hydrogen-bond donors (Lipinski definition) is 2. The van der Waals surface area contributed by atoms with Gasteiger partial charge in [0.1, 0.15) is 0 Å². The molecule has 0 heterocycles. The SMILES string of the molecule is CC(=O)NC1c2ccccc2CC12CCC(O)CC2. The summed E-state index contributed by atoms with van der Waals surface area (Å²) in [6.45, 7) is 1.59. The van der Waals surface area contributed by atoms with Gasteiger partial charge in [0.05, 0.1) is 12.1 Å². The van der Waals surface area contributed by atoms with E-state index in [-0.39, 0.29) is 23.5 Å². The molecule has 3 rings (SSSR count). The molecule has 2 aliphatic carbocycles. The lowest BCUT2D eigenvalue weighted by atomic mass is 9.68. The van der Waals surface area contributed by atoms with E-state index in [0.29, 0.717) is 0 Å². The third kappa shape index (κ3) is 2.16. The summed E-state index contributed by atoms with van der Waals surface area (Å²) in [7, 11) is 0. The first kappa shape index (κ1) is 12.7. The standard InChI is InChI=1S/C16H21NO2/c1-11(18)17-15-14-5-3-2-4-12(14)10-16(15)8-6-13(19)7-9-16/h2-5,13,15,19H,6-10H2,1H3,(H,17,18). The Balaban J connectivity index is 1.95. The van der Waals surface area contributed by atoms with Crippen LogP contribution in [0.4, 0.5) is 0 Å². The minimum absolute atomic E-state index is 0.0344. The maximum absolute atomic E-state index is 11.5. The van der Waals surface area contributed by atoms with Gasteiger partial charge in [0.2, 0.25) is 5.91 Å². The number of carbonyl (C=O) groups is 1. The third-order valence-electron chi connectivity index (χ3n) is 4.82. The maximum atomic E-state index is 11.5. The first-order valence-corrected chi connectivity index (χ1v) is 7.14. The molecule has 3 heteroatoms. The van der Waals surface area contributed by atoms with E-state index in [1.54, 1.807) is 6.92 Å². The van der Waals surface area contributed by atoms with E-state index >= 15 is 0 Å². The summed E-state index contributed by atoms with van der Waals surface area (Å²) in [4.78, 5) is 11.5. The largest absolute Gasteiger partial charge is 0.393 e. The molecule has 1 atom stereocenters. The molecular formula is C16H21NO2. The van der Waals surface area contributed by atoms with Crippen LogP contribution in [0.2, 0.25) is 0 Å². The van der Waals surface area contributed by atoms with Gasteiger partial charge >= 0.3 is 0 Å². The summed E-state index contributed by atoms with van der Waals surface area (Å²) in [6, 6.07) is 8.54. The Hall–Kier alpha value is -1.35. The molecule has 1 fully saturated rings. The smallest absolute Gasteiger partial charge is 0.217 e. The third-order valence-corrected chi connectivity index (χ3v) is 4.82. The van der Waals surface area contributed by atoms with Gasteiger partial charge in [0.25, 0.3) is 0 Å². The van der Waals surface area contributed by atoms with Crippen LogP contribution in [0.5, 0.6) is 0 Å². The Kier molecular flexibility index (Phi) is 3.09. The Morgan fingerprint density at radius 1 is 1.32 bits per heavy atom. The molecule has 3 nitrogen and oxygen atoms in total. The number of amides is 1. The number of hydrogen-bond acceptors (Lipinski definition) is 2. The maximum Gasteiger partial charge on any atom is 0.217 e. The second-order valence-electron chi connectivity index (χ2n) is 6.10. The van der Waals surface area contributed by atoms with Crippen LogP contribution in [0.3, 0.4) is 0 Å². The topological polar surface area (TPSA) is 49.3 Å². The lowest BCUT2D eigenvalue weighted by Crippen LogP contribution is -2.41. The summed E-state index contributed by atoms with van der Waals surface area (Å²) in [5.41, 5.74) is 2.75. The highest BCUT2D eigenvalue weighted by atomic mass is 16.3. The van der Waals surface area contributed by atoms with Crippen LogP contribution in [0.1, 0.15) is 49.8 Å². The van der Waals surface area contributed by atoms with Gasteiger partial charge in [-0.05, 0) is 48.6 Å². The van der Waals surface area contributed by atoms with Crippen molar-refractivity contribution >= 4 is 5.91 Å². The molecule has 1 aromatic rings. The van der Waals surface area contributed by atoms with E-state index in [9.17, 15) is 9.90 Å². The second kappa shape index (κ2) is 4.64. The summed E-state index contributed by atoms with van der Waals surface area (Å²) < 4.78 is 0. The van der Waals surface area contributed by atoms with Gasteiger partial charge in [-0.1, -0.05) is 24.3 Å². The molecule has 19 heavy (non-hydrogen) atoms. The van der Waals surface area contributed by atoms with Crippen molar-refractivity contribution in [2.45, 2.75) is 51.2 Å². The van der Waals surface area contributed by atoms with Gasteiger partial charge in [0, 0.05) is 6.92 Å². The molecule has 0 aromatic heterocycles. The monoisotopic (exact) mass is 259 g/mol. The van der Waals surface area contributed by atoms with E-state index < -0.39 is 0 Å². The Labute approximate surface area is 114 Å². The molecule has 1 amide bonds. The minimum atomic E-state index is -0.160. The van der Waals surface area contributed by atoms with Crippen LogP contribution in [-0.2, 0) is 11.2 Å². The molecule has 0 bridgehead atoms. The summed E-state index contributed by atoms with van der Waals surface area (Å²) in [5, 5.41) is 12.9. The molecule has 2 N–H and O–H groups in total. The van der Waals surface area contributed by atoms with Gasteiger partial charge in [-0.3, -0.25) is 4.79 Å². The fourth-order valence-corrected chi connectivity index (χ4v) is 3.87. The van der Waals surface area contributed by atoms with Gasteiger partial charge < -0.3 is 10.4 Å². The highest BCUT2D eigenvalue weighted by Crippen LogP contribution is 2.53. The quantitative estimate of drug-likeness (QED) is 0.813. The number of rotatable bonds is 1. The number of aliphatic hydroxyl groups excluding tert-OH is 1. The number of benzene rings is 1. The van der Waals surface area contributed by atoms with Crippen molar-refractivity contribution in [1.82, 2.24) is 5.32 Å². The zero-order valence-corrected chi connectivity index (χ0v) is 11.4. The number of fused-ring (bicyclic) bond motifs is 1. The van der Waals surface area contributed by atoms with E-state index in [0.717, 1.165) is 32.1 Å². The molecular weight excluding hydrogens is 238 g/mol. The normalized spacial score (nSPS) is 33.2. The summed E-state index contributed by atoms with van der Waals surface area (Å²) in [6.07, 6.45) is 4.56. The number of carbonyl (C=O) groups excluding carboxylic acids is 1. The van der Waals surface area contributed by atoms with Crippen LogP contribution < -0.4 is 5.32 Å². The molecule has 2 aliphatic rings. The van der Waals surface area contributed by atoms with Gasteiger partial charge in [-0.2, -0.15) is 0 Å². The van der Waals surface area contributed by atoms with Crippen molar-refractivity contribution in [3.8, 4) is 0 Å². The number of aliphatic hydroxyl groups is 1. The van der Waals surface area contributed by atoms with E-state index in [4.69, 9.17) is 0 Å². The molecule has 0 radical (unpaired) electrons.